The zero-order chi connectivity index (χ0) is 24.8. The monoisotopic (exact) mass is 500 g/mol. The Labute approximate surface area is 215 Å². The summed E-state index contributed by atoms with van der Waals surface area (Å²) in [5.41, 5.74) is 1.82. The SMILES string of the molecule is CC.CC1CCC(NC(=O)C2Cn3c(cc4sccc43)C(=O)N2CCCN2CCCCCC2)CC1. The number of hydrogen-bond acceptors (Lipinski definition) is 4. The van der Waals surface area contributed by atoms with Crippen molar-refractivity contribution in [1.82, 2.24) is 19.7 Å². The summed E-state index contributed by atoms with van der Waals surface area (Å²) in [6.45, 7) is 10.8. The van der Waals surface area contributed by atoms with Crippen molar-refractivity contribution >= 4 is 33.4 Å². The molecule has 5 rings (SSSR count). The van der Waals surface area contributed by atoms with Gasteiger partial charge in [0.15, 0.2) is 0 Å². The summed E-state index contributed by atoms with van der Waals surface area (Å²) < 4.78 is 3.21. The van der Waals surface area contributed by atoms with Gasteiger partial charge in [-0.25, -0.2) is 0 Å². The molecule has 0 spiro atoms. The standard InChI is InChI=1S/C26H38N4O2S.C2H6/c1-19-7-9-20(10-8-19)27-25(31)23-18-30-21-11-16-33-24(21)17-22(30)26(32)29(23)15-6-14-28-12-4-2-3-5-13-28;1-2/h11,16-17,19-20,23H,2-10,12-15,18H2,1H3,(H,27,31);1-2H3. The fourth-order valence-corrected chi connectivity index (χ4v) is 6.74. The fraction of sp³-hybridized carbons (Fsp3) is 0.714. The van der Waals surface area contributed by atoms with E-state index in [2.05, 4.69) is 33.2 Å². The Morgan fingerprint density at radius 2 is 1.77 bits per heavy atom. The molecule has 0 radical (unpaired) electrons. The van der Waals surface area contributed by atoms with Gasteiger partial charge in [0.25, 0.3) is 5.91 Å². The molecule has 1 aliphatic carbocycles. The van der Waals surface area contributed by atoms with E-state index >= 15 is 0 Å². The molecule has 35 heavy (non-hydrogen) atoms. The molecule has 2 aliphatic heterocycles. The minimum atomic E-state index is -0.427. The van der Waals surface area contributed by atoms with Crippen molar-refractivity contribution < 1.29 is 9.59 Å². The summed E-state index contributed by atoms with van der Waals surface area (Å²) in [6.07, 6.45) is 10.6. The number of carbonyl (C=O) groups is 2. The fourth-order valence-electron chi connectivity index (χ4n) is 5.92. The molecule has 194 valence electrons. The van der Waals surface area contributed by atoms with Crippen LogP contribution in [0.15, 0.2) is 17.5 Å². The van der Waals surface area contributed by atoms with Crippen LogP contribution in [0.4, 0.5) is 0 Å². The number of fused-ring (bicyclic) bond motifs is 3. The number of nitrogens with one attached hydrogen (secondary N) is 1. The molecule has 6 nitrogen and oxygen atoms in total. The van der Waals surface area contributed by atoms with E-state index in [9.17, 15) is 9.59 Å². The van der Waals surface area contributed by atoms with Crippen LogP contribution in [-0.2, 0) is 11.3 Å². The molecule has 1 N–H and O–H groups in total. The van der Waals surface area contributed by atoms with Crippen LogP contribution in [0.2, 0.25) is 0 Å². The molecule has 1 atom stereocenters. The van der Waals surface area contributed by atoms with Gasteiger partial charge in [-0.15, -0.1) is 11.3 Å². The molecule has 1 saturated carbocycles. The number of hydrogen-bond donors (Lipinski definition) is 1. The zero-order valence-electron chi connectivity index (χ0n) is 21.9. The first kappa shape index (κ1) is 26.2. The lowest BCUT2D eigenvalue weighted by Gasteiger charge is -2.37. The van der Waals surface area contributed by atoms with Gasteiger partial charge in [0.2, 0.25) is 5.91 Å². The van der Waals surface area contributed by atoms with Gasteiger partial charge in [-0.1, -0.05) is 33.6 Å². The lowest BCUT2D eigenvalue weighted by molar-refractivity contribution is -0.127. The van der Waals surface area contributed by atoms with Crippen molar-refractivity contribution in [1.29, 1.82) is 0 Å². The number of thiophene rings is 1. The van der Waals surface area contributed by atoms with E-state index in [1.807, 2.05) is 24.8 Å². The van der Waals surface area contributed by atoms with Crippen LogP contribution >= 0.6 is 11.3 Å². The van der Waals surface area contributed by atoms with Crippen molar-refractivity contribution in [2.45, 2.75) is 97.2 Å². The molecule has 0 bridgehead atoms. The van der Waals surface area contributed by atoms with Gasteiger partial charge in [-0.05, 0) is 88.0 Å². The molecule has 1 unspecified atom stereocenters. The molecule has 2 aromatic heterocycles. The summed E-state index contributed by atoms with van der Waals surface area (Å²) in [4.78, 5) is 31.5. The summed E-state index contributed by atoms with van der Waals surface area (Å²) in [5, 5.41) is 5.38. The number of likely N-dealkylation sites (tertiary alicyclic amines) is 1. The maximum Gasteiger partial charge on any atom is 0.271 e. The zero-order valence-corrected chi connectivity index (χ0v) is 22.7. The highest BCUT2D eigenvalue weighted by molar-refractivity contribution is 7.17. The Morgan fingerprint density at radius 3 is 2.49 bits per heavy atom. The summed E-state index contributed by atoms with van der Waals surface area (Å²) in [6, 6.07) is 3.91. The molecule has 7 heteroatoms. The van der Waals surface area contributed by atoms with Crippen LogP contribution in [0, 0.1) is 5.92 Å². The number of aromatic nitrogens is 1. The van der Waals surface area contributed by atoms with E-state index in [4.69, 9.17) is 0 Å². The molecule has 2 amide bonds. The lowest BCUT2D eigenvalue weighted by atomic mass is 9.87. The first-order chi connectivity index (χ1) is 17.1. The van der Waals surface area contributed by atoms with Gasteiger partial charge < -0.3 is 19.7 Å². The maximum absolute atomic E-state index is 13.6. The smallest absolute Gasteiger partial charge is 0.271 e. The molecule has 2 aromatic rings. The van der Waals surface area contributed by atoms with Crippen LogP contribution in [0.1, 0.15) is 89.0 Å². The van der Waals surface area contributed by atoms with Crippen molar-refractivity contribution in [2.24, 2.45) is 5.92 Å². The van der Waals surface area contributed by atoms with Crippen molar-refractivity contribution in [3.05, 3.63) is 23.2 Å². The van der Waals surface area contributed by atoms with Gasteiger partial charge in [-0.3, -0.25) is 9.59 Å². The Bertz CT molecular complexity index is 967. The van der Waals surface area contributed by atoms with Crippen molar-refractivity contribution in [2.75, 3.05) is 26.2 Å². The summed E-state index contributed by atoms with van der Waals surface area (Å²) in [7, 11) is 0. The average Bonchev–Trinajstić information content (AvgIpc) is 3.36. The van der Waals surface area contributed by atoms with Crippen LogP contribution in [0.3, 0.4) is 0 Å². The third-order valence-corrected chi connectivity index (χ3v) is 8.82. The normalized spacial score (nSPS) is 25.5. The predicted molar refractivity (Wildman–Crippen MR) is 145 cm³/mol. The minimum absolute atomic E-state index is 0.0120. The van der Waals surface area contributed by atoms with Crippen LogP contribution < -0.4 is 5.32 Å². The second kappa shape index (κ2) is 12.4. The number of amides is 2. The molecule has 0 aromatic carbocycles. The van der Waals surface area contributed by atoms with Crippen LogP contribution in [0.25, 0.3) is 10.2 Å². The Hall–Kier alpha value is -1.86. The van der Waals surface area contributed by atoms with E-state index in [0.717, 1.165) is 60.7 Å². The predicted octanol–water partition coefficient (Wildman–Crippen LogP) is 5.51. The molecule has 1 saturated heterocycles. The van der Waals surface area contributed by atoms with Gasteiger partial charge >= 0.3 is 0 Å². The maximum atomic E-state index is 13.6. The third-order valence-electron chi connectivity index (χ3n) is 7.97. The highest BCUT2D eigenvalue weighted by atomic mass is 32.1. The number of carbonyl (C=O) groups excluding carboxylic acids is 2. The highest BCUT2D eigenvalue weighted by Gasteiger charge is 2.38. The third kappa shape index (κ3) is 6.11. The second-order valence-corrected chi connectivity index (χ2v) is 11.3. The molecule has 4 heterocycles. The van der Waals surface area contributed by atoms with Crippen molar-refractivity contribution in [3.63, 3.8) is 0 Å². The number of rotatable bonds is 6. The van der Waals surface area contributed by atoms with E-state index in [-0.39, 0.29) is 17.9 Å². The quantitative estimate of drug-likeness (QED) is 0.569. The number of nitrogens with zero attached hydrogens (tertiary/aromatic N) is 3. The van der Waals surface area contributed by atoms with Crippen molar-refractivity contribution in [3.8, 4) is 0 Å². The van der Waals surface area contributed by atoms with Gasteiger partial charge in [-0.2, -0.15) is 0 Å². The Morgan fingerprint density at radius 1 is 1.06 bits per heavy atom. The van der Waals surface area contributed by atoms with E-state index in [0.29, 0.717) is 13.1 Å². The Kier molecular flexibility index (Phi) is 9.28. The highest BCUT2D eigenvalue weighted by Crippen LogP contribution is 2.31. The van der Waals surface area contributed by atoms with Gasteiger partial charge in [0, 0.05) is 12.6 Å². The Balaban J connectivity index is 0.00000141. The van der Waals surface area contributed by atoms with E-state index in [1.165, 1.54) is 38.5 Å². The molecule has 3 aliphatic rings. The van der Waals surface area contributed by atoms with Crippen LogP contribution in [-0.4, -0.2) is 64.4 Å². The molecule has 2 fully saturated rings. The molecular weight excluding hydrogens is 456 g/mol. The largest absolute Gasteiger partial charge is 0.352 e. The first-order valence-corrected chi connectivity index (χ1v) is 14.9. The van der Waals surface area contributed by atoms with E-state index in [1.54, 1.807) is 11.3 Å². The average molecular weight is 501 g/mol. The topological polar surface area (TPSA) is 57.6 Å². The van der Waals surface area contributed by atoms with Gasteiger partial charge in [0.1, 0.15) is 11.7 Å². The lowest BCUT2D eigenvalue weighted by Crippen LogP contribution is -2.57. The van der Waals surface area contributed by atoms with Gasteiger partial charge in [0.05, 0.1) is 16.8 Å². The summed E-state index contributed by atoms with van der Waals surface area (Å²) in [5.74, 6) is 0.789. The van der Waals surface area contributed by atoms with Crippen LogP contribution in [0.5, 0.6) is 0 Å². The molecular formula is C28H44N4O2S. The first-order valence-electron chi connectivity index (χ1n) is 14.0. The minimum Gasteiger partial charge on any atom is -0.352 e. The summed E-state index contributed by atoms with van der Waals surface area (Å²) >= 11 is 1.66. The van der Waals surface area contributed by atoms with E-state index < -0.39 is 6.04 Å². The second-order valence-electron chi connectivity index (χ2n) is 10.4.